The van der Waals surface area contributed by atoms with E-state index in [0.717, 1.165) is 5.92 Å². The summed E-state index contributed by atoms with van der Waals surface area (Å²) in [6.07, 6.45) is 1.28. The van der Waals surface area contributed by atoms with E-state index in [9.17, 15) is 0 Å². The number of hydrogen-bond acceptors (Lipinski definition) is 1. The maximum atomic E-state index is 3.52. The smallest absolute Gasteiger partial charge is 0.0323 e. The van der Waals surface area contributed by atoms with Gasteiger partial charge in [0.05, 0.1) is 0 Å². The second-order valence-electron chi connectivity index (χ2n) is 3.71. The number of benzene rings is 1. The Morgan fingerprint density at radius 1 is 1.25 bits per heavy atom. The second-order valence-corrected chi connectivity index (χ2v) is 3.71. The van der Waals surface area contributed by atoms with E-state index in [4.69, 9.17) is 0 Å². The van der Waals surface area contributed by atoms with Gasteiger partial charge in [-0.3, -0.25) is 0 Å². The molecule has 0 radical (unpaired) electrons. The average Bonchev–Trinajstić information content (AvgIpc) is 2.54. The van der Waals surface area contributed by atoms with Crippen molar-refractivity contribution in [1.29, 1.82) is 0 Å². The minimum atomic E-state index is 0.598. The molecule has 1 nitrogen and oxygen atoms in total. The molecular weight excluding hydrogens is 146 g/mol. The lowest BCUT2D eigenvalue weighted by Crippen LogP contribution is -2.12. The first-order valence-electron chi connectivity index (χ1n) is 4.64. The Morgan fingerprint density at radius 3 is 2.58 bits per heavy atom. The van der Waals surface area contributed by atoms with Gasteiger partial charge < -0.3 is 5.32 Å². The highest BCUT2D eigenvalue weighted by molar-refractivity contribution is 5.19. The highest BCUT2D eigenvalue weighted by Crippen LogP contribution is 2.25. The van der Waals surface area contributed by atoms with Crippen LogP contribution >= 0.6 is 0 Å². The molecule has 1 heteroatoms. The third kappa shape index (κ3) is 1.51. The van der Waals surface area contributed by atoms with Crippen LogP contribution in [0.5, 0.6) is 0 Å². The lowest BCUT2D eigenvalue weighted by molar-refractivity contribution is 0.612. The van der Waals surface area contributed by atoms with Crippen LogP contribution in [-0.4, -0.2) is 6.54 Å². The van der Waals surface area contributed by atoms with Crippen LogP contribution < -0.4 is 5.32 Å². The molecule has 64 valence electrons. The number of hydrogen-bond donors (Lipinski definition) is 1. The zero-order valence-corrected chi connectivity index (χ0v) is 7.46. The molecule has 0 saturated carbocycles. The summed E-state index contributed by atoms with van der Waals surface area (Å²) in [4.78, 5) is 0. The molecule has 0 aromatic heterocycles. The first-order chi connectivity index (χ1) is 5.86. The Labute approximate surface area is 73.8 Å². The van der Waals surface area contributed by atoms with Crippen LogP contribution in [0.1, 0.15) is 24.9 Å². The summed E-state index contributed by atoms with van der Waals surface area (Å²) in [6.45, 7) is 3.47. The lowest BCUT2D eigenvalue weighted by Gasteiger charge is -2.09. The van der Waals surface area contributed by atoms with E-state index in [2.05, 4.69) is 42.6 Å². The summed E-state index contributed by atoms with van der Waals surface area (Å²) in [5.74, 6) is 0.829. The van der Waals surface area contributed by atoms with Gasteiger partial charge in [-0.2, -0.15) is 0 Å². The van der Waals surface area contributed by atoms with E-state index < -0.39 is 0 Å². The summed E-state index contributed by atoms with van der Waals surface area (Å²) in [5, 5.41) is 3.52. The molecule has 2 atom stereocenters. The molecule has 1 fully saturated rings. The molecule has 12 heavy (non-hydrogen) atoms. The Bertz CT molecular complexity index is 242. The monoisotopic (exact) mass is 161 g/mol. The van der Waals surface area contributed by atoms with E-state index >= 15 is 0 Å². The maximum absolute atomic E-state index is 3.52. The first kappa shape index (κ1) is 7.81. The predicted molar refractivity (Wildman–Crippen MR) is 51.0 cm³/mol. The molecule has 1 aromatic carbocycles. The van der Waals surface area contributed by atoms with Gasteiger partial charge in [-0.05, 0) is 24.4 Å². The normalized spacial score (nSPS) is 29.1. The number of rotatable bonds is 1. The van der Waals surface area contributed by atoms with Crippen molar-refractivity contribution in [3.8, 4) is 0 Å². The third-order valence-corrected chi connectivity index (χ3v) is 2.55. The highest BCUT2D eigenvalue weighted by atomic mass is 14.9. The van der Waals surface area contributed by atoms with E-state index in [-0.39, 0.29) is 0 Å². The van der Waals surface area contributed by atoms with Crippen LogP contribution in [0.3, 0.4) is 0 Å². The van der Waals surface area contributed by atoms with Gasteiger partial charge in [0, 0.05) is 6.04 Å². The van der Waals surface area contributed by atoms with Crippen LogP contribution in [0.15, 0.2) is 30.3 Å². The largest absolute Gasteiger partial charge is 0.310 e. The molecule has 1 aliphatic rings. The minimum Gasteiger partial charge on any atom is -0.310 e. The predicted octanol–water partition coefficient (Wildman–Crippen LogP) is 2.36. The molecule has 0 aliphatic carbocycles. The minimum absolute atomic E-state index is 0.598. The summed E-state index contributed by atoms with van der Waals surface area (Å²) in [5.41, 5.74) is 1.43. The fraction of sp³-hybridized carbons (Fsp3) is 0.455. The van der Waals surface area contributed by atoms with Crippen LogP contribution in [-0.2, 0) is 0 Å². The Hall–Kier alpha value is -0.820. The molecule has 1 heterocycles. The highest BCUT2D eigenvalue weighted by Gasteiger charge is 2.21. The van der Waals surface area contributed by atoms with Gasteiger partial charge in [0.25, 0.3) is 0 Å². The van der Waals surface area contributed by atoms with Gasteiger partial charge in [-0.25, -0.2) is 0 Å². The number of nitrogens with one attached hydrogen (secondary N) is 1. The zero-order chi connectivity index (χ0) is 8.39. The van der Waals surface area contributed by atoms with Gasteiger partial charge in [-0.1, -0.05) is 37.3 Å². The lowest BCUT2D eigenvalue weighted by atomic mass is 10.0. The summed E-state index contributed by atoms with van der Waals surface area (Å²) < 4.78 is 0. The molecule has 0 bridgehead atoms. The molecule has 0 spiro atoms. The van der Waals surface area contributed by atoms with Crippen molar-refractivity contribution in [2.75, 3.05) is 6.54 Å². The zero-order valence-electron chi connectivity index (χ0n) is 7.46. The van der Waals surface area contributed by atoms with Crippen molar-refractivity contribution in [1.82, 2.24) is 5.32 Å². The molecule has 1 aliphatic heterocycles. The topological polar surface area (TPSA) is 12.0 Å². The van der Waals surface area contributed by atoms with Crippen molar-refractivity contribution in [2.24, 2.45) is 5.92 Å². The molecule has 1 saturated heterocycles. The summed E-state index contributed by atoms with van der Waals surface area (Å²) >= 11 is 0. The summed E-state index contributed by atoms with van der Waals surface area (Å²) in [7, 11) is 0. The molecule has 0 unspecified atom stereocenters. The Kier molecular flexibility index (Phi) is 2.13. The van der Waals surface area contributed by atoms with E-state index in [0.29, 0.717) is 6.04 Å². The fourth-order valence-corrected chi connectivity index (χ4v) is 1.85. The molecule has 1 N–H and O–H groups in total. The maximum Gasteiger partial charge on any atom is 0.0323 e. The van der Waals surface area contributed by atoms with Crippen LogP contribution in [0.2, 0.25) is 0 Å². The standard InChI is InChI=1S/C11H15N/c1-9-7-11(12-8-9)10-5-3-2-4-6-10/h2-6,9,11-12H,7-8H2,1H3/t9-,11+/m1/s1. The van der Waals surface area contributed by atoms with Crippen molar-refractivity contribution >= 4 is 0 Å². The van der Waals surface area contributed by atoms with E-state index in [1.807, 2.05) is 0 Å². The Morgan fingerprint density at radius 2 is 2.00 bits per heavy atom. The first-order valence-corrected chi connectivity index (χ1v) is 4.64. The second kappa shape index (κ2) is 3.28. The van der Waals surface area contributed by atoms with Crippen LogP contribution in [0.25, 0.3) is 0 Å². The van der Waals surface area contributed by atoms with Gasteiger partial charge in [-0.15, -0.1) is 0 Å². The molecule has 2 rings (SSSR count). The summed E-state index contributed by atoms with van der Waals surface area (Å²) in [6, 6.07) is 11.3. The quantitative estimate of drug-likeness (QED) is 0.666. The van der Waals surface area contributed by atoms with Gasteiger partial charge in [0.2, 0.25) is 0 Å². The van der Waals surface area contributed by atoms with Crippen LogP contribution in [0, 0.1) is 5.92 Å². The van der Waals surface area contributed by atoms with Crippen molar-refractivity contribution in [2.45, 2.75) is 19.4 Å². The molecule has 0 amide bonds. The van der Waals surface area contributed by atoms with Crippen molar-refractivity contribution in [3.63, 3.8) is 0 Å². The molecule has 1 aromatic rings. The fourth-order valence-electron chi connectivity index (χ4n) is 1.85. The Balaban J connectivity index is 2.11. The SMILES string of the molecule is C[C@H]1CN[C@H](c2ccccc2)C1. The van der Waals surface area contributed by atoms with Gasteiger partial charge in [0.1, 0.15) is 0 Å². The molecular formula is C11H15N. The van der Waals surface area contributed by atoms with Crippen LogP contribution in [0.4, 0.5) is 0 Å². The van der Waals surface area contributed by atoms with Crippen molar-refractivity contribution < 1.29 is 0 Å². The van der Waals surface area contributed by atoms with E-state index in [1.54, 1.807) is 0 Å². The van der Waals surface area contributed by atoms with Gasteiger partial charge >= 0.3 is 0 Å². The van der Waals surface area contributed by atoms with Crippen molar-refractivity contribution in [3.05, 3.63) is 35.9 Å². The van der Waals surface area contributed by atoms with Gasteiger partial charge in [0.15, 0.2) is 0 Å². The third-order valence-electron chi connectivity index (χ3n) is 2.55. The van der Waals surface area contributed by atoms with E-state index in [1.165, 1.54) is 18.5 Å². The average molecular weight is 161 g/mol.